The summed E-state index contributed by atoms with van der Waals surface area (Å²) in [6, 6.07) is 0. The van der Waals surface area contributed by atoms with Gasteiger partial charge in [-0.05, 0) is 0 Å². The summed E-state index contributed by atoms with van der Waals surface area (Å²) in [6.45, 7) is 3.74. The van der Waals surface area contributed by atoms with Gasteiger partial charge in [0.15, 0.2) is 0 Å². The highest BCUT2D eigenvalue weighted by Gasteiger charge is 2.36. The lowest BCUT2D eigenvalue weighted by Gasteiger charge is -2.25. The van der Waals surface area contributed by atoms with Crippen LogP contribution in [0.4, 0.5) is 0 Å². The second-order valence-electron chi connectivity index (χ2n) is 2.98. The fourth-order valence-electron chi connectivity index (χ4n) is 1.15. The molecule has 2 unspecified atom stereocenters. The molecule has 2 atom stereocenters. The number of hydrogen-bond acceptors (Lipinski definition) is 5. The van der Waals surface area contributed by atoms with Crippen molar-refractivity contribution >= 4 is 0 Å². The van der Waals surface area contributed by atoms with Crippen molar-refractivity contribution in [3.05, 3.63) is 0 Å². The molecule has 70 valence electrons. The molecule has 2 N–H and O–H groups in total. The summed E-state index contributed by atoms with van der Waals surface area (Å²) >= 11 is 0. The van der Waals surface area contributed by atoms with Crippen LogP contribution >= 0.6 is 0 Å². The van der Waals surface area contributed by atoms with Crippen molar-refractivity contribution < 1.29 is 14.3 Å². The molecule has 2 heterocycles. The van der Waals surface area contributed by atoms with Crippen LogP contribution in [-0.2, 0) is 14.3 Å². The maximum Gasteiger partial charge on any atom is 0.135 e. The summed E-state index contributed by atoms with van der Waals surface area (Å²) in [5.41, 5.74) is 5.44. The SMILES string of the molecule is NC1OC1CON1CCOCC1. The zero-order chi connectivity index (χ0) is 8.39. The molecule has 2 aliphatic heterocycles. The Morgan fingerprint density at radius 3 is 2.67 bits per heavy atom. The highest BCUT2D eigenvalue weighted by Crippen LogP contribution is 2.16. The normalized spacial score (nSPS) is 36.8. The van der Waals surface area contributed by atoms with Gasteiger partial charge in [-0.1, -0.05) is 0 Å². The van der Waals surface area contributed by atoms with Crippen molar-refractivity contribution in [1.29, 1.82) is 0 Å². The maximum atomic E-state index is 5.44. The molecule has 2 fully saturated rings. The Hall–Kier alpha value is -0.200. The predicted molar refractivity (Wildman–Crippen MR) is 41.2 cm³/mol. The van der Waals surface area contributed by atoms with Gasteiger partial charge in [0.25, 0.3) is 0 Å². The molecule has 0 spiro atoms. The molecule has 0 aromatic carbocycles. The monoisotopic (exact) mass is 174 g/mol. The van der Waals surface area contributed by atoms with E-state index in [4.69, 9.17) is 20.0 Å². The van der Waals surface area contributed by atoms with E-state index in [9.17, 15) is 0 Å². The average molecular weight is 174 g/mol. The number of morpholine rings is 1. The largest absolute Gasteiger partial charge is 0.379 e. The van der Waals surface area contributed by atoms with Crippen molar-refractivity contribution in [2.75, 3.05) is 32.9 Å². The van der Waals surface area contributed by atoms with Gasteiger partial charge in [0.2, 0.25) is 0 Å². The Labute approximate surface area is 71.3 Å². The van der Waals surface area contributed by atoms with Crippen molar-refractivity contribution in [3.8, 4) is 0 Å². The molecule has 0 aromatic rings. The number of nitrogens with two attached hydrogens (primary N) is 1. The Kier molecular flexibility index (Phi) is 2.57. The first-order chi connectivity index (χ1) is 5.86. The van der Waals surface area contributed by atoms with Crippen molar-refractivity contribution in [2.24, 2.45) is 5.73 Å². The summed E-state index contributed by atoms with van der Waals surface area (Å²) in [4.78, 5) is 5.43. The molecule has 5 nitrogen and oxygen atoms in total. The molecule has 0 radical (unpaired) electrons. The van der Waals surface area contributed by atoms with Crippen LogP contribution in [-0.4, -0.2) is 50.3 Å². The van der Waals surface area contributed by atoms with Crippen LogP contribution < -0.4 is 5.73 Å². The zero-order valence-electron chi connectivity index (χ0n) is 6.94. The summed E-state index contributed by atoms with van der Waals surface area (Å²) in [5, 5.41) is 1.90. The Balaban J connectivity index is 1.59. The molecule has 0 amide bonds. The van der Waals surface area contributed by atoms with E-state index in [0.29, 0.717) is 6.61 Å². The van der Waals surface area contributed by atoms with Gasteiger partial charge in [-0.3, -0.25) is 4.84 Å². The van der Waals surface area contributed by atoms with Crippen molar-refractivity contribution in [2.45, 2.75) is 12.3 Å². The first-order valence-corrected chi connectivity index (χ1v) is 4.23. The van der Waals surface area contributed by atoms with Crippen LogP contribution in [0.1, 0.15) is 0 Å². The second kappa shape index (κ2) is 3.68. The first kappa shape index (κ1) is 8.40. The third-order valence-electron chi connectivity index (χ3n) is 2.01. The summed E-state index contributed by atoms with van der Waals surface area (Å²) in [7, 11) is 0. The summed E-state index contributed by atoms with van der Waals surface area (Å²) in [6.07, 6.45) is -0.00103. The molecule has 2 aliphatic rings. The van der Waals surface area contributed by atoms with E-state index in [1.165, 1.54) is 0 Å². The van der Waals surface area contributed by atoms with Gasteiger partial charge in [0, 0.05) is 13.1 Å². The van der Waals surface area contributed by atoms with E-state index in [2.05, 4.69) is 0 Å². The molecule has 2 rings (SSSR count). The van der Waals surface area contributed by atoms with Crippen LogP contribution in [0.25, 0.3) is 0 Å². The molecule has 0 saturated carbocycles. The third-order valence-corrected chi connectivity index (χ3v) is 2.01. The highest BCUT2D eigenvalue weighted by molar-refractivity contribution is 4.78. The van der Waals surface area contributed by atoms with Crippen LogP contribution in [0, 0.1) is 0 Å². The number of nitrogens with zero attached hydrogens (tertiary/aromatic N) is 1. The number of ether oxygens (including phenoxy) is 2. The van der Waals surface area contributed by atoms with E-state index in [-0.39, 0.29) is 12.3 Å². The first-order valence-electron chi connectivity index (χ1n) is 4.23. The molecule has 0 aromatic heterocycles. The number of epoxide rings is 1. The number of rotatable bonds is 3. The molecule has 2 saturated heterocycles. The van der Waals surface area contributed by atoms with Gasteiger partial charge in [0.1, 0.15) is 12.3 Å². The van der Waals surface area contributed by atoms with E-state index < -0.39 is 0 Å². The lowest BCUT2D eigenvalue weighted by Crippen LogP contribution is -2.37. The fraction of sp³-hybridized carbons (Fsp3) is 1.00. The van der Waals surface area contributed by atoms with Crippen LogP contribution in [0.5, 0.6) is 0 Å². The van der Waals surface area contributed by atoms with Gasteiger partial charge in [-0.15, -0.1) is 0 Å². The highest BCUT2D eigenvalue weighted by atomic mass is 16.7. The second-order valence-corrected chi connectivity index (χ2v) is 2.98. The molecular formula is C7H14N2O3. The standard InChI is InChI=1S/C7H14N2O3/c8-7-6(12-7)5-11-9-1-3-10-4-2-9/h6-7H,1-5,8H2. The van der Waals surface area contributed by atoms with E-state index in [1.54, 1.807) is 0 Å². The fourth-order valence-corrected chi connectivity index (χ4v) is 1.15. The smallest absolute Gasteiger partial charge is 0.135 e. The Morgan fingerprint density at radius 2 is 2.08 bits per heavy atom. The molecule has 12 heavy (non-hydrogen) atoms. The van der Waals surface area contributed by atoms with Gasteiger partial charge >= 0.3 is 0 Å². The minimum atomic E-state index is -0.106. The molecule has 0 bridgehead atoms. The van der Waals surface area contributed by atoms with Crippen molar-refractivity contribution in [1.82, 2.24) is 5.06 Å². The van der Waals surface area contributed by atoms with Crippen LogP contribution in [0.15, 0.2) is 0 Å². The lowest BCUT2D eigenvalue weighted by molar-refractivity contribution is -0.196. The van der Waals surface area contributed by atoms with E-state index in [1.807, 2.05) is 5.06 Å². The number of hydroxylamine groups is 2. The third kappa shape index (κ3) is 2.15. The van der Waals surface area contributed by atoms with Crippen LogP contribution in [0.3, 0.4) is 0 Å². The quantitative estimate of drug-likeness (QED) is 0.552. The minimum Gasteiger partial charge on any atom is -0.379 e. The van der Waals surface area contributed by atoms with Gasteiger partial charge in [-0.25, -0.2) is 0 Å². The molecular weight excluding hydrogens is 160 g/mol. The Morgan fingerprint density at radius 1 is 1.42 bits per heavy atom. The topological polar surface area (TPSA) is 60.2 Å². The average Bonchev–Trinajstić information content (AvgIpc) is 2.81. The summed E-state index contributed by atoms with van der Waals surface area (Å²) in [5.74, 6) is 0. The predicted octanol–water partition coefficient (Wildman–Crippen LogP) is -1.07. The van der Waals surface area contributed by atoms with Gasteiger partial charge in [-0.2, -0.15) is 5.06 Å². The van der Waals surface area contributed by atoms with Crippen molar-refractivity contribution in [3.63, 3.8) is 0 Å². The zero-order valence-corrected chi connectivity index (χ0v) is 6.94. The van der Waals surface area contributed by atoms with Gasteiger partial charge < -0.3 is 15.2 Å². The Bertz CT molecular complexity index is 150. The molecule has 5 heteroatoms. The summed E-state index contributed by atoms with van der Waals surface area (Å²) < 4.78 is 10.2. The lowest BCUT2D eigenvalue weighted by atomic mass is 10.5. The van der Waals surface area contributed by atoms with E-state index in [0.717, 1.165) is 26.3 Å². The molecule has 0 aliphatic carbocycles. The van der Waals surface area contributed by atoms with E-state index >= 15 is 0 Å². The maximum absolute atomic E-state index is 5.44. The van der Waals surface area contributed by atoms with Gasteiger partial charge in [0.05, 0.1) is 19.8 Å². The van der Waals surface area contributed by atoms with Crippen LogP contribution in [0.2, 0.25) is 0 Å². The minimum absolute atomic E-state index is 0.104. The number of hydrogen-bond donors (Lipinski definition) is 1.